The van der Waals surface area contributed by atoms with Gasteiger partial charge in [-0.15, -0.1) is 0 Å². The van der Waals surface area contributed by atoms with Crippen molar-refractivity contribution < 1.29 is 4.11 Å². The molecule has 0 aromatic carbocycles. The number of nitrogens with zero attached hydrogens (tertiary/aromatic N) is 1. The van der Waals surface area contributed by atoms with Crippen LogP contribution in [0.1, 0.15) is 18.0 Å². The molecule has 1 aliphatic rings. The highest BCUT2D eigenvalue weighted by molar-refractivity contribution is 5.70. The quantitative estimate of drug-likeness (QED) is 0.496. The molecule has 1 aliphatic heterocycles. The van der Waals surface area contributed by atoms with E-state index < -0.39 is 5.54 Å². The van der Waals surface area contributed by atoms with Crippen LogP contribution in [0.15, 0.2) is 17.3 Å². The van der Waals surface area contributed by atoms with Gasteiger partial charge in [0.1, 0.15) is 0 Å². The number of nitrogens with one attached hydrogen (secondary N) is 1. The van der Waals surface area contributed by atoms with E-state index in [4.69, 9.17) is 4.11 Å². The predicted molar refractivity (Wildman–Crippen MR) is 34.8 cm³/mol. The van der Waals surface area contributed by atoms with Crippen molar-refractivity contribution in [3.8, 4) is 0 Å². The first-order valence-corrected chi connectivity index (χ1v) is 2.45. The van der Waals surface area contributed by atoms with Gasteiger partial charge in [-0.3, -0.25) is 4.99 Å². The second-order valence-electron chi connectivity index (χ2n) is 2.21. The van der Waals surface area contributed by atoms with E-state index >= 15 is 0 Å². The molecule has 2 nitrogen and oxygen atoms in total. The van der Waals surface area contributed by atoms with Gasteiger partial charge in [-0.25, -0.2) is 0 Å². The molecule has 0 saturated heterocycles. The van der Waals surface area contributed by atoms with Crippen molar-refractivity contribution in [3.05, 3.63) is 12.4 Å². The molecule has 0 unspecified atom stereocenters. The summed E-state index contributed by atoms with van der Waals surface area (Å²) in [4.78, 5) is 3.60. The molecule has 1 rings (SSSR count). The van der Waals surface area contributed by atoms with Gasteiger partial charge in [-0.1, -0.05) is 0 Å². The van der Waals surface area contributed by atoms with Gasteiger partial charge in [-0.2, -0.15) is 0 Å². The topological polar surface area (TPSA) is 24.4 Å². The maximum Gasteiger partial charge on any atom is 0.0855 e. The van der Waals surface area contributed by atoms with Crippen LogP contribution < -0.4 is 5.32 Å². The highest BCUT2D eigenvalue weighted by Gasteiger charge is 2.11. The number of hydrogen-bond donors (Lipinski definition) is 1. The lowest BCUT2D eigenvalue weighted by atomic mass is 10.1. The van der Waals surface area contributed by atoms with Crippen LogP contribution in [-0.2, 0) is 0 Å². The Balaban J connectivity index is 3.01. The van der Waals surface area contributed by atoms with Gasteiger partial charge in [0.25, 0.3) is 0 Å². The van der Waals surface area contributed by atoms with Crippen molar-refractivity contribution in [2.75, 3.05) is 0 Å². The molecular weight excluding hydrogens is 100 g/mol. The van der Waals surface area contributed by atoms with Gasteiger partial charge in [0, 0.05) is 18.5 Å². The molecular formula is C6H10N2. The van der Waals surface area contributed by atoms with Gasteiger partial charge in [0.05, 0.1) is 9.65 Å². The van der Waals surface area contributed by atoms with Crippen LogP contribution >= 0.6 is 0 Å². The summed E-state index contributed by atoms with van der Waals surface area (Å²) in [6.07, 6.45) is -0.0983. The fourth-order valence-electron chi connectivity index (χ4n) is 0.408. The zero-order valence-corrected chi connectivity index (χ0v) is 4.95. The van der Waals surface area contributed by atoms with E-state index in [-0.39, 0.29) is 18.5 Å². The van der Waals surface area contributed by atoms with Crippen LogP contribution in [0.4, 0.5) is 0 Å². The molecule has 0 radical (unpaired) electrons. The molecule has 2 heteroatoms. The standard InChI is InChI=1S/C6H10N2/c1-6(2)5-7-3-4-8-6/h3-5,8H,1-2H3/i3D,4D,5D. The van der Waals surface area contributed by atoms with Crippen LogP contribution in [0, 0.1) is 0 Å². The Labute approximate surface area is 53.5 Å². The van der Waals surface area contributed by atoms with Crippen LogP contribution in [0.3, 0.4) is 0 Å². The first kappa shape index (κ1) is 2.67. The summed E-state index contributed by atoms with van der Waals surface area (Å²) < 4.78 is 21.7. The molecule has 1 heterocycles. The molecule has 0 aromatic rings. The largest absolute Gasteiger partial charge is 0.380 e. The van der Waals surface area contributed by atoms with Crippen molar-refractivity contribution in [2.45, 2.75) is 19.4 Å². The third-order valence-corrected chi connectivity index (χ3v) is 0.822. The second-order valence-corrected chi connectivity index (χ2v) is 2.21. The van der Waals surface area contributed by atoms with Gasteiger partial charge < -0.3 is 5.32 Å². The van der Waals surface area contributed by atoms with Crippen LogP contribution in [0.2, 0.25) is 0 Å². The molecule has 0 aromatic heterocycles. The SMILES string of the molecule is [2H]C1=NC([2H])=C([2H])NC1(C)C. The lowest BCUT2D eigenvalue weighted by Gasteiger charge is -2.21. The monoisotopic (exact) mass is 113 g/mol. The summed E-state index contributed by atoms with van der Waals surface area (Å²) in [5, 5.41) is 2.70. The fourth-order valence-corrected chi connectivity index (χ4v) is 0.408. The van der Waals surface area contributed by atoms with Crippen molar-refractivity contribution in [3.63, 3.8) is 0 Å². The number of hydrogen-bond acceptors (Lipinski definition) is 2. The van der Waals surface area contributed by atoms with Crippen molar-refractivity contribution in [2.24, 2.45) is 4.99 Å². The third-order valence-electron chi connectivity index (χ3n) is 0.822. The Morgan fingerprint density at radius 2 is 2.50 bits per heavy atom. The van der Waals surface area contributed by atoms with Crippen molar-refractivity contribution in [1.29, 1.82) is 0 Å². The van der Waals surface area contributed by atoms with Gasteiger partial charge in [-0.05, 0) is 13.8 Å². The molecule has 0 atom stereocenters. The molecule has 8 heavy (non-hydrogen) atoms. The molecule has 0 saturated carbocycles. The van der Waals surface area contributed by atoms with Gasteiger partial charge in [0.15, 0.2) is 0 Å². The second kappa shape index (κ2) is 1.62. The summed E-state index contributed by atoms with van der Waals surface area (Å²) >= 11 is 0. The normalized spacial score (nSPS) is 31.8. The summed E-state index contributed by atoms with van der Waals surface area (Å²) in [6.45, 7) is 3.50. The molecule has 0 amide bonds. The number of aliphatic imine (C=N–C) groups is 1. The highest BCUT2D eigenvalue weighted by Crippen LogP contribution is 2.00. The molecule has 44 valence electrons. The van der Waals surface area contributed by atoms with E-state index in [2.05, 4.69) is 10.3 Å². The van der Waals surface area contributed by atoms with E-state index in [0.29, 0.717) is 0 Å². The average molecular weight is 113 g/mol. The maximum absolute atomic E-state index is 7.35. The minimum atomic E-state index is -0.609. The Hall–Kier alpha value is -0.790. The first-order chi connectivity index (χ1) is 4.93. The van der Waals surface area contributed by atoms with Crippen LogP contribution in [-0.4, -0.2) is 11.7 Å². The molecule has 0 bridgehead atoms. The van der Waals surface area contributed by atoms with E-state index in [9.17, 15) is 0 Å². The Morgan fingerprint density at radius 1 is 1.75 bits per heavy atom. The minimum absolute atomic E-state index is 0.0222. The minimum Gasteiger partial charge on any atom is -0.380 e. The van der Waals surface area contributed by atoms with Gasteiger partial charge in [0.2, 0.25) is 0 Å². The molecule has 0 spiro atoms. The summed E-state index contributed by atoms with van der Waals surface area (Å²) in [5.74, 6) is 0. The summed E-state index contributed by atoms with van der Waals surface area (Å²) in [6, 6.07) is 0. The maximum atomic E-state index is 7.35. The molecule has 0 fully saturated rings. The Morgan fingerprint density at radius 3 is 3.12 bits per heavy atom. The lowest BCUT2D eigenvalue weighted by Crippen LogP contribution is -2.38. The van der Waals surface area contributed by atoms with Crippen LogP contribution in [0.5, 0.6) is 0 Å². The average Bonchev–Trinajstić information content (AvgIpc) is 1.83. The number of rotatable bonds is 0. The van der Waals surface area contributed by atoms with Crippen molar-refractivity contribution >= 4 is 6.19 Å². The Bertz CT molecular complexity index is 242. The summed E-state index contributed by atoms with van der Waals surface area (Å²) in [5.41, 5.74) is -0.609. The highest BCUT2D eigenvalue weighted by atomic mass is 15.0. The zero-order valence-electron chi connectivity index (χ0n) is 7.95. The van der Waals surface area contributed by atoms with Crippen molar-refractivity contribution in [1.82, 2.24) is 5.32 Å². The fraction of sp³-hybridized carbons (Fsp3) is 0.500. The van der Waals surface area contributed by atoms with E-state index in [0.717, 1.165) is 0 Å². The van der Waals surface area contributed by atoms with Crippen LogP contribution in [0.25, 0.3) is 0 Å². The first-order valence-electron chi connectivity index (χ1n) is 3.95. The molecule has 1 N–H and O–H groups in total. The zero-order chi connectivity index (χ0) is 8.65. The molecule has 0 aliphatic carbocycles. The van der Waals surface area contributed by atoms with E-state index in [1.165, 1.54) is 0 Å². The smallest absolute Gasteiger partial charge is 0.0855 e. The third kappa shape index (κ3) is 1.09. The lowest BCUT2D eigenvalue weighted by molar-refractivity contribution is 0.595. The summed E-state index contributed by atoms with van der Waals surface area (Å²) in [7, 11) is 0. The predicted octanol–water partition coefficient (Wildman–Crippen LogP) is 0.910. The van der Waals surface area contributed by atoms with E-state index in [1.807, 2.05) is 0 Å². The Kier molecular flexibility index (Phi) is 0.539. The van der Waals surface area contributed by atoms with E-state index in [1.54, 1.807) is 13.8 Å². The van der Waals surface area contributed by atoms with Gasteiger partial charge >= 0.3 is 0 Å².